The van der Waals surface area contributed by atoms with E-state index in [2.05, 4.69) is 0 Å². The zero-order chi connectivity index (χ0) is 11.3. The summed E-state index contributed by atoms with van der Waals surface area (Å²) in [6.07, 6.45) is 1.76. The first-order chi connectivity index (χ1) is 6.83. The third kappa shape index (κ3) is 2.90. The van der Waals surface area contributed by atoms with Gasteiger partial charge < -0.3 is 12.9 Å². The van der Waals surface area contributed by atoms with Gasteiger partial charge in [-0.05, 0) is 29.9 Å². The normalized spacial score (nSPS) is 17.8. The van der Waals surface area contributed by atoms with Crippen LogP contribution in [-0.2, 0) is 5.41 Å². The van der Waals surface area contributed by atoms with Gasteiger partial charge in [0.25, 0.3) is 0 Å². The molecule has 1 saturated carbocycles. The second-order valence-electron chi connectivity index (χ2n) is 4.37. The molecule has 1 aromatic carbocycles. The van der Waals surface area contributed by atoms with Gasteiger partial charge in [0.2, 0.25) is 0 Å². The Morgan fingerprint density at radius 2 is 1.75 bits per heavy atom. The monoisotopic (exact) mass is 256 g/mol. The molecule has 0 unspecified atom stereocenters. The number of hydrogen-bond acceptors (Lipinski definition) is 0. The summed E-state index contributed by atoms with van der Waals surface area (Å²) in [6.45, 7) is -3.35. The molecule has 0 amide bonds. The second kappa shape index (κ2) is 4.72. The third-order valence-electron chi connectivity index (χ3n) is 3.05. The Labute approximate surface area is 134 Å². The first-order valence-electron chi connectivity index (χ1n) is 4.83. The largest absolute Gasteiger partial charge is 1.00 e. The fourth-order valence-electron chi connectivity index (χ4n) is 1.65. The van der Waals surface area contributed by atoms with E-state index in [1.165, 1.54) is 6.07 Å². The Balaban J connectivity index is 0.00000128. The molecule has 0 atom stereocenters. The van der Waals surface area contributed by atoms with E-state index in [1.54, 1.807) is 0 Å². The standard InChI is InChI=1S/C10H10BF4.K/c1-10(4-5-10)7-2-3-9(12)8(6-7)11(13,14)15;/h2-3,6H,4-5H2,1H3;/q-1;+1. The van der Waals surface area contributed by atoms with Crippen molar-refractivity contribution in [3.63, 3.8) is 0 Å². The van der Waals surface area contributed by atoms with Crippen molar-refractivity contribution in [3.8, 4) is 0 Å². The number of hydrogen-bond donors (Lipinski definition) is 0. The molecular weight excluding hydrogens is 246 g/mol. The Morgan fingerprint density at radius 1 is 1.19 bits per heavy atom. The summed E-state index contributed by atoms with van der Waals surface area (Å²) in [5.74, 6) is -1.17. The van der Waals surface area contributed by atoms with Gasteiger partial charge in [-0.1, -0.05) is 24.5 Å². The van der Waals surface area contributed by atoms with Crippen LogP contribution in [0.3, 0.4) is 0 Å². The fraction of sp³-hybridized carbons (Fsp3) is 0.400. The Kier molecular flexibility index (Phi) is 4.34. The molecule has 82 valence electrons. The van der Waals surface area contributed by atoms with Crippen molar-refractivity contribution in [2.45, 2.75) is 25.2 Å². The van der Waals surface area contributed by atoms with E-state index in [4.69, 9.17) is 0 Å². The van der Waals surface area contributed by atoms with Gasteiger partial charge in [-0.3, -0.25) is 0 Å². The molecule has 0 radical (unpaired) electrons. The molecule has 0 aliphatic heterocycles. The van der Waals surface area contributed by atoms with Gasteiger partial charge in [0.1, 0.15) is 0 Å². The zero-order valence-corrected chi connectivity index (χ0v) is 12.4. The molecule has 0 nitrogen and oxygen atoms in total. The molecule has 0 heterocycles. The number of benzene rings is 1. The molecule has 1 aliphatic carbocycles. The molecule has 0 saturated heterocycles. The van der Waals surface area contributed by atoms with Crippen LogP contribution >= 0.6 is 0 Å². The maximum Gasteiger partial charge on any atom is 1.00 e. The van der Waals surface area contributed by atoms with Crippen LogP contribution < -0.4 is 56.8 Å². The van der Waals surface area contributed by atoms with Crippen LogP contribution in [0.2, 0.25) is 0 Å². The Hall–Kier alpha value is 0.641. The zero-order valence-electron chi connectivity index (χ0n) is 9.24. The van der Waals surface area contributed by atoms with Gasteiger partial charge in [0.05, 0.1) is 5.82 Å². The second-order valence-corrected chi connectivity index (χ2v) is 4.37. The molecule has 0 aromatic heterocycles. The first kappa shape index (κ1) is 14.7. The molecule has 1 fully saturated rings. The summed E-state index contributed by atoms with van der Waals surface area (Å²) in [7, 11) is 0. The van der Waals surface area contributed by atoms with Gasteiger partial charge >= 0.3 is 58.4 Å². The van der Waals surface area contributed by atoms with Crippen LogP contribution in [-0.4, -0.2) is 6.98 Å². The van der Waals surface area contributed by atoms with Crippen molar-refractivity contribution >= 4 is 12.4 Å². The molecule has 1 aromatic rings. The fourth-order valence-corrected chi connectivity index (χ4v) is 1.65. The van der Waals surface area contributed by atoms with Crippen LogP contribution in [0.4, 0.5) is 17.3 Å². The van der Waals surface area contributed by atoms with E-state index in [0.717, 1.165) is 25.0 Å². The number of halogens is 4. The maximum absolute atomic E-state index is 13.0. The molecule has 0 spiro atoms. The first-order valence-corrected chi connectivity index (χ1v) is 4.83. The number of rotatable bonds is 2. The van der Waals surface area contributed by atoms with Crippen LogP contribution in [0.15, 0.2) is 18.2 Å². The molecule has 16 heavy (non-hydrogen) atoms. The molecule has 2 rings (SSSR count). The van der Waals surface area contributed by atoms with E-state index in [0.29, 0.717) is 5.56 Å². The van der Waals surface area contributed by atoms with Crippen LogP contribution in [0, 0.1) is 5.82 Å². The predicted octanol–water partition coefficient (Wildman–Crippen LogP) is -0.0644. The van der Waals surface area contributed by atoms with Gasteiger partial charge in [-0.25, -0.2) is 4.39 Å². The van der Waals surface area contributed by atoms with Crippen molar-refractivity contribution < 1.29 is 68.7 Å². The minimum absolute atomic E-state index is 0. The van der Waals surface area contributed by atoms with E-state index in [-0.39, 0.29) is 56.8 Å². The summed E-state index contributed by atoms with van der Waals surface area (Å²) in [5, 5.41) is 0. The topological polar surface area (TPSA) is 0 Å². The van der Waals surface area contributed by atoms with E-state index < -0.39 is 18.3 Å². The SMILES string of the molecule is CC1(c2ccc(F)c([B-](F)(F)F)c2)CC1.[K+]. The van der Waals surface area contributed by atoms with E-state index >= 15 is 0 Å². The maximum atomic E-state index is 13.0. The van der Waals surface area contributed by atoms with Crippen LogP contribution in [0.25, 0.3) is 0 Å². The van der Waals surface area contributed by atoms with Crippen molar-refractivity contribution in [2.75, 3.05) is 0 Å². The summed E-state index contributed by atoms with van der Waals surface area (Å²) in [6, 6.07) is 3.33. The van der Waals surface area contributed by atoms with Crippen LogP contribution in [0.1, 0.15) is 25.3 Å². The Bertz CT molecular complexity index is 398. The van der Waals surface area contributed by atoms with Crippen molar-refractivity contribution in [2.24, 2.45) is 0 Å². The molecule has 1 aliphatic rings. The Morgan fingerprint density at radius 3 is 2.19 bits per heavy atom. The average molecular weight is 256 g/mol. The van der Waals surface area contributed by atoms with Gasteiger partial charge in [0, 0.05) is 0 Å². The molecule has 0 N–H and O–H groups in total. The van der Waals surface area contributed by atoms with Crippen molar-refractivity contribution in [1.82, 2.24) is 0 Å². The van der Waals surface area contributed by atoms with Gasteiger partial charge in [-0.2, -0.15) is 0 Å². The van der Waals surface area contributed by atoms with Crippen molar-refractivity contribution in [1.29, 1.82) is 0 Å². The molecular formula is C10H10BF4K. The smallest absolute Gasteiger partial charge is 0.445 e. The van der Waals surface area contributed by atoms with Crippen LogP contribution in [0.5, 0.6) is 0 Å². The average Bonchev–Trinajstić information content (AvgIpc) is 2.83. The quantitative estimate of drug-likeness (QED) is 0.513. The summed E-state index contributed by atoms with van der Waals surface area (Å²) in [4.78, 5) is 0. The third-order valence-corrected chi connectivity index (χ3v) is 3.05. The van der Waals surface area contributed by atoms with E-state index in [1.807, 2.05) is 6.92 Å². The van der Waals surface area contributed by atoms with Crippen molar-refractivity contribution in [3.05, 3.63) is 29.6 Å². The van der Waals surface area contributed by atoms with E-state index in [9.17, 15) is 17.3 Å². The molecule has 0 bridgehead atoms. The minimum atomic E-state index is -5.25. The molecule has 6 heteroatoms. The van der Waals surface area contributed by atoms with Gasteiger partial charge in [-0.15, -0.1) is 0 Å². The summed E-state index contributed by atoms with van der Waals surface area (Å²) < 4.78 is 50.3. The summed E-state index contributed by atoms with van der Waals surface area (Å²) in [5.41, 5.74) is -0.664. The predicted molar refractivity (Wildman–Crippen MR) is 51.7 cm³/mol. The summed E-state index contributed by atoms with van der Waals surface area (Å²) >= 11 is 0. The van der Waals surface area contributed by atoms with Gasteiger partial charge in [0.15, 0.2) is 0 Å². The minimum Gasteiger partial charge on any atom is -0.445 e.